The predicted molar refractivity (Wildman–Crippen MR) is 205 cm³/mol. The zero-order valence-corrected chi connectivity index (χ0v) is 33.1. The fourth-order valence-electron chi connectivity index (χ4n) is 7.15. The van der Waals surface area contributed by atoms with Crippen LogP contribution in [0.25, 0.3) is 0 Å². The average molecular weight is 753 g/mol. The highest BCUT2D eigenvalue weighted by atomic mass is 16.5. The molecule has 14 nitrogen and oxygen atoms in total. The van der Waals surface area contributed by atoms with E-state index >= 15 is 0 Å². The van der Waals surface area contributed by atoms with Gasteiger partial charge in [0.2, 0.25) is 11.8 Å². The lowest BCUT2D eigenvalue weighted by Gasteiger charge is -2.30. The van der Waals surface area contributed by atoms with Crippen molar-refractivity contribution in [3.05, 3.63) is 70.3 Å². The van der Waals surface area contributed by atoms with E-state index in [9.17, 15) is 19.2 Å². The largest absolute Gasteiger partial charge is 0.453 e. The number of carbonyl (C=O) groups is 4. The number of rotatable bonds is 8. The van der Waals surface area contributed by atoms with E-state index in [0.717, 1.165) is 29.5 Å². The maximum absolute atomic E-state index is 13.6. The number of hydrogen-bond acceptors (Lipinski definition) is 8. The molecule has 14 heteroatoms. The van der Waals surface area contributed by atoms with Gasteiger partial charge in [0.15, 0.2) is 0 Å². The third-order valence-electron chi connectivity index (χ3n) is 10.1. The van der Waals surface area contributed by atoms with Gasteiger partial charge in [-0.05, 0) is 79.0 Å². The molecule has 1 aromatic carbocycles. The van der Waals surface area contributed by atoms with Gasteiger partial charge in [0.05, 0.1) is 26.3 Å². The lowest BCUT2D eigenvalue weighted by molar-refractivity contribution is -0.136. The minimum atomic E-state index is -0.715. The minimum Gasteiger partial charge on any atom is -0.453 e. The monoisotopic (exact) mass is 752 g/mol. The molecule has 292 valence electrons. The van der Waals surface area contributed by atoms with Gasteiger partial charge in [0.1, 0.15) is 35.1 Å². The summed E-state index contributed by atoms with van der Waals surface area (Å²) in [6.07, 6.45) is 3.69. The second-order valence-corrected chi connectivity index (χ2v) is 15.3. The van der Waals surface area contributed by atoms with Gasteiger partial charge in [-0.1, -0.05) is 53.4 Å². The van der Waals surface area contributed by atoms with Gasteiger partial charge in [0.25, 0.3) is 0 Å². The third kappa shape index (κ3) is 9.68. The first-order valence-electron chi connectivity index (χ1n) is 18.7. The topological polar surface area (TPSA) is 175 Å². The van der Waals surface area contributed by atoms with E-state index in [4.69, 9.17) is 19.4 Å². The number of nitrogens with zero attached hydrogens (tertiary/aromatic N) is 4. The molecule has 4 amide bonds. The second-order valence-electron chi connectivity index (χ2n) is 15.3. The molecule has 0 saturated carbocycles. The van der Waals surface area contributed by atoms with Crippen molar-refractivity contribution in [1.29, 1.82) is 0 Å². The number of aromatic amines is 2. The minimum absolute atomic E-state index is 0.126. The molecule has 6 atom stereocenters. The predicted octanol–water partition coefficient (Wildman–Crippen LogP) is 4.82. The van der Waals surface area contributed by atoms with Gasteiger partial charge in [-0.25, -0.2) is 19.6 Å². The van der Waals surface area contributed by atoms with Crippen molar-refractivity contribution in [3.8, 4) is 23.7 Å². The molecule has 55 heavy (non-hydrogen) atoms. The number of H-pyrrole nitrogens is 2. The van der Waals surface area contributed by atoms with Crippen molar-refractivity contribution in [3.63, 3.8) is 0 Å². The van der Waals surface area contributed by atoms with E-state index in [1.807, 2.05) is 52.8 Å². The Kier molecular flexibility index (Phi) is 12.9. The number of benzene rings is 1. The SMILES string of the molecule is COC(=O)N[C@H](C(=O)N1C[C@@H](C)C[C@H]1c1nc(C#Cc2ccc(C#Cc3c[nH]c([C@@H]4C[C@H](C)CN4C(=O)[C@@H](NC(=O)OC)C(C)C)n3)c(C)c2)c[nH]1)C(C)C. The van der Waals surface area contributed by atoms with Gasteiger partial charge in [-0.3, -0.25) is 9.59 Å². The highest BCUT2D eigenvalue weighted by Gasteiger charge is 2.41. The molecule has 2 aromatic heterocycles. The summed E-state index contributed by atoms with van der Waals surface area (Å²) in [5, 5.41) is 5.37. The smallest absolute Gasteiger partial charge is 0.407 e. The van der Waals surface area contributed by atoms with Crippen molar-refractivity contribution in [2.24, 2.45) is 23.7 Å². The number of aromatic nitrogens is 4. The Balaban J connectivity index is 1.26. The molecule has 3 aromatic rings. The van der Waals surface area contributed by atoms with Crippen molar-refractivity contribution in [2.45, 2.75) is 85.5 Å². The van der Waals surface area contributed by atoms with Gasteiger partial charge >= 0.3 is 12.2 Å². The van der Waals surface area contributed by atoms with E-state index in [2.05, 4.69) is 58.1 Å². The maximum Gasteiger partial charge on any atom is 0.407 e. The van der Waals surface area contributed by atoms with Crippen molar-refractivity contribution >= 4 is 24.0 Å². The number of methoxy groups -OCH3 is 2. The second kappa shape index (κ2) is 17.6. The van der Waals surface area contributed by atoms with Crippen LogP contribution in [0.1, 0.15) is 106 Å². The van der Waals surface area contributed by atoms with Gasteiger partial charge < -0.3 is 39.9 Å². The van der Waals surface area contributed by atoms with Crippen LogP contribution in [0.5, 0.6) is 0 Å². The van der Waals surface area contributed by atoms with E-state index in [1.54, 1.807) is 22.2 Å². The molecular formula is C41H52N8O6. The molecule has 0 aliphatic carbocycles. The summed E-state index contributed by atoms with van der Waals surface area (Å²) in [6.45, 7) is 14.8. The van der Waals surface area contributed by atoms with Crippen LogP contribution in [-0.4, -0.2) is 93.1 Å². The Hall–Kier alpha value is -5.76. The molecule has 2 fully saturated rings. The summed E-state index contributed by atoms with van der Waals surface area (Å²) in [5.41, 5.74) is 3.70. The molecule has 0 spiro atoms. The van der Waals surface area contributed by atoms with Gasteiger partial charge in [-0.2, -0.15) is 0 Å². The summed E-state index contributed by atoms with van der Waals surface area (Å²) in [7, 11) is 2.56. The van der Waals surface area contributed by atoms with Crippen molar-refractivity contribution in [2.75, 3.05) is 27.3 Å². The number of hydrogen-bond donors (Lipinski definition) is 4. The lowest BCUT2D eigenvalue weighted by atomic mass is 10.0. The first kappa shape index (κ1) is 40.4. The fourth-order valence-corrected chi connectivity index (χ4v) is 7.15. The van der Waals surface area contributed by atoms with Crippen molar-refractivity contribution in [1.82, 2.24) is 40.4 Å². The Morgan fingerprint density at radius 3 is 1.62 bits per heavy atom. The standard InChI is InChI=1S/C41H52N8O6/c1-23(2)34(46-40(52)54-8)38(50)48-21-25(5)16-32(48)36-42-19-30(44-36)14-11-28-10-12-29(27(7)18-28)13-15-31-20-43-37(45-31)33-17-26(6)22-49(33)39(51)35(24(3)4)47-41(53)55-9/h10,12,18-20,23-26,32-35H,16-17,21-22H2,1-9H3,(H,42,44)(H,43,45)(H,46,52)(H,47,53)/t25-,26-,32-,33-,34-,35-/m0/s1. The molecule has 0 bridgehead atoms. The molecule has 5 rings (SSSR count). The average Bonchev–Trinajstić information content (AvgIpc) is 3.97. The Morgan fingerprint density at radius 1 is 0.745 bits per heavy atom. The highest BCUT2D eigenvalue weighted by Crippen LogP contribution is 2.36. The number of nitrogens with one attached hydrogen (secondary N) is 4. The van der Waals surface area contributed by atoms with Crippen LogP contribution in [0.3, 0.4) is 0 Å². The summed E-state index contributed by atoms with van der Waals surface area (Å²) in [6, 6.07) is 3.84. The van der Waals surface area contributed by atoms with Crippen LogP contribution in [-0.2, 0) is 19.1 Å². The van der Waals surface area contributed by atoms with E-state index in [0.29, 0.717) is 36.1 Å². The number of aryl methyl sites for hydroxylation is 1. The zero-order chi connectivity index (χ0) is 40.0. The summed E-state index contributed by atoms with van der Waals surface area (Å²) in [5.74, 6) is 13.9. The Labute approximate surface area is 322 Å². The number of alkyl carbamates (subject to hydrolysis) is 2. The number of imidazole rings is 2. The fraction of sp³-hybridized carbons (Fsp3) is 0.512. The van der Waals surface area contributed by atoms with E-state index < -0.39 is 24.3 Å². The summed E-state index contributed by atoms with van der Waals surface area (Å²) < 4.78 is 9.50. The lowest BCUT2D eigenvalue weighted by Crippen LogP contribution is -2.51. The normalized spacial score (nSPS) is 20.3. The summed E-state index contributed by atoms with van der Waals surface area (Å²) in [4.78, 5) is 70.6. The van der Waals surface area contributed by atoms with Crippen LogP contribution in [0, 0.1) is 54.3 Å². The summed E-state index contributed by atoms with van der Waals surface area (Å²) >= 11 is 0. The molecular weight excluding hydrogens is 701 g/mol. The highest BCUT2D eigenvalue weighted by molar-refractivity contribution is 5.87. The van der Waals surface area contributed by atoms with Crippen LogP contribution in [0.15, 0.2) is 30.6 Å². The first-order chi connectivity index (χ1) is 26.2. The molecule has 4 heterocycles. The zero-order valence-electron chi connectivity index (χ0n) is 33.1. The first-order valence-corrected chi connectivity index (χ1v) is 18.7. The molecule has 0 radical (unpaired) electrons. The van der Waals surface area contributed by atoms with Gasteiger partial charge in [-0.15, -0.1) is 0 Å². The molecule has 4 N–H and O–H groups in total. The van der Waals surface area contributed by atoms with E-state index in [1.165, 1.54) is 14.2 Å². The third-order valence-corrected chi connectivity index (χ3v) is 10.1. The Morgan fingerprint density at radius 2 is 1.20 bits per heavy atom. The van der Waals surface area contributed by atoms with Crippen LogP contribution >= 0.6 is 0 Å². The maximum atomic E-state index is 13.6. The molecule has 2 aliphatic rings. The molecule has 2 aliphatic heterocycles. The number of ether oxygens (including phenoxy) is 2. The molecule has 2 saturated heterocycles. The van der Waals surface area contributed by atoms with Crippen LogP contribution in [0.2, 0.25) is 0 Å². The van der Waals surface area contributed by atoms with Crippen molar-refractivity contribution < 1.29 is 28.7 Å². The van der Waals surface area contributed by atoms with Crippen LogP contribution in [0.4, 0.5) is 9.59 Å². The number of likely N-dealkylation sites (tertiary alicyclic amines) is 2. The molecule has 0 unspecified atom stereocenters. The quantitative estimate of drug-likeness (QED) is 0.237. The number of carbonyl (C=O) groups excluding carboxylic acids is 4. The number of amides is 4. The Bertz CT molecular complexity index is 2010. The van der Waals surface area contributed by atoms with Gasteiger partial charge in [0, 0.05) is 36.6 Å². The van der Waals surface area contributed by atoms with E-state index in [-0.39, 0.29) is 47.6 Å². The van der Waals surface area contributed by atoms with Crippen LogP contribution < -0.4 is 10.6 Å².